The van der Waals surface area contributed by atoms with Gasteiger partial charge in [0.05, 0.1) is 0 Å². The van der Waals surface area contributed by atoms with Crippen LogP contribution in [0.15, 0.2) is 0 Å². The number of halogens is 4. The lowest BCUT2D eigenvalue weighted by Crippen LogP contribution is -2.25. The SMILES string of the molecule is Br.Br.Br.Br.C.CCNCCCNCCCNCCCCCN. The first-order chi connectivity index (χ1) is 8.41. The van der Waals surface area contributed by atoms with Gasteiger partial charge in [-0.15, -0.1) is 67.9 Å². The summed E-state index contributed by atoms with van der Waals surface area (Å²) in [5.74, 6) is 0. The Labute approximate surface area is 181 Å². The molecule has 0 amide bonds. The summed E-state index contributed by atoms with van der Waals surface area (Å²) >= 11 is 0. The fourth-order valence-corrected chi connectivity index (χ4v) is 1.67. The average Bonchev–Trinajstić information content (AvgIpc) is 2.35. The molecule has 0 fully saturated rings. The van der Waals surface area contributed by atoms with E-state index >= 15 is 0 Å². The highest BCUT2D eigenvalue weighted by atomic mass is 79.9. The lowest BCUT2D eigenvalue weighted by molar-refractivity contribution is 0.555. The highest BCUT2D eigenvalue weighted by Crippen LogP contribution is 1.90. The van der Waals surface area contributed by atoms with Gasteiger partial charge in [0.15, 0.2) is 0 Å². The van der Waals surface area contributed by atoms with Crippen molar-refractivity contribution in [1.82, 2.24) is 16.0 Å². The Balaban J connectivity index is -0.000000128. The van der Waals surface area contributed by atoms with Crippen molar-refractivity contribution in [1.29, 1.82) is 0 Å². The van der Waals surface area contributed by atoms with E-state index in [2.05, 4.69) is 22.9 Å². The van der Waals surface area contributed by atoms with E-state index in [0.29, 0.717) is 0 Å². The van der Waals surface area contributed by atoms with Gasteiger partial charge in [-0.3, -0.25) is 0 Å². The summed E-state index contributed by atoms with van der Waals surface area (Å²) < 4.78 is 0. The third kappa shape index (κ3) is 37.8. The lowest BCUT2D eigenvalue weighted by Gasteiger charge is -2.06. The topological polar surface area (TPSA) is 62.1 Å². The standard InChI is InChI=1S/C13H32N4.CH4.4BrH/c1-2-15-10-6-11-17-13-7-12-16-9-5-3-4-8-14;;;;;/h15-17H,2-14H2,1H3;1H4;4*1H. The summed E-state index contributed by atoms with van der Waals surface area (Å²) in [7, 11) is 0. The monoisotopic (exact) mass is 580 g/mol. The first-order valence-corrected chi connectivity index (χ1v) is 7.24. The Bertz CT molecular complexity index is 132. The van der Waals surface area contributed by atoms with Crippen molar-refractivity contribution in [2.45, 2.75) is 46.5 Å². The van der Waals surface area contributed by atoms with Crippen LogP contribution in [0.4, 0.5) is 0 Å². The Morgan fingerprint density at radius 2 is 1.00 bits per heavy atom. The van der Waals surface area contributed by atoms with Gasteiger partial charge in [0, 0.05) is 0 Å². The molecular formula is C14H40Br4N4. The van der Waals surface area contributed by atoms with Crippen molar-refractivity contribution < 1.29 is 0 Å². The smallest absolute Gasteiger partial charge is 0.00368 e. The van der Waals surface area contributed by atoms with Crippen LogP contribution in [-0.2, 0) is 0 Å². The van der Waals surface area contributed by atoms with Crippen molar-refractivity contribution in [2.75, 3.05) is 45.8 Å². The Morgan fingerprint density at radius 3 is 1.41 bits per heavy atom. The molecule has 22 heavy (non-hydrogen) atoms. The van der Waals surface area contributed by atoms with Gasteiger partial charge in [0.25, 0.3) is 0 Å². The molecule has 0 aliphatic heterocycles. The zero-order valence-electron chi connectivity index (χ0n) is 13.2. The van der Waals surface area contributed by atoms with Crippen molar-refractivity contribution >= 4 is 67.9 Å². The Kier molecular flexibility index (Phi) is 68.0. The second-order valence-corrected chi connectivity index (χ2v) is 4.41. The summed E-state index contributed by atoms with van der Waals surface area (Å²) in [6.07, 6.45) is 6.12. The molecule has 0 bridgehead atoms. The van der Waals surface area contributed by atoms with Gasteiger partial charge in [-0.2, -0.15) is 0 Å². The molecule has 0 atom stereocenters. The molecule has 0 aliphatic rings. The molecule has 8 heteroatoms. The predicted molar refractivity (Wildman–Crippen MR) is 124 cm³/mol. The van der Waals surface area contributed by atoms with Gasteiger partial charge in [-0.05, 0) is 71.5 Å². The zero-order valence-corrected chi connectivity index (χ0v) is 20.0. The fraction of sp³-hybridized carbons (Fsp3) is 1.00. The van der Waals surface area contributed by atoms with Crippen LogP contribution in [0.5, 0.6) is 0 Å². The summed E-state index contributed by atoms with van der Waals surface area (Å²) in [5, 5.41) is 10.2. The average molecular weight is 584 g/mol. The molecule has 0 heterocycles. The fourth-order valence-electron chi connectivity index (χ4n) is 1.67. The quantitative estimate of drug-likeness (QED) is 0.236. The summed E-state index contributed by atoms with van der Waals surface area (Å²) in [5.41, 5.74) is 5.43. The van der Waals surface area contributed by atoms with Crippen LogP contribution < -0.4 is 21.7 Å². The Morgan fingerprint density at radius 1 is 0.591 bits per heavy atom. The van der Waals surface area contributed by atoms with Gasteiger partial charge in [-0.1, -0.05) is 20.8 Å². The number of nitrogens with two attached hydrogens (primary N) is 1. The van der Waals surface area contributed by atoms with Crippen molar-refractivity contribution in [3.8, 4) is 0 Å². The maximum Gasteiger partial charge on any atom is -0.00368 e. The second-order valence-electron chi connectivity index (χ2n) is 4.41. The number of hydrogen-bond acceptors (Lipinski definition) is 4. The molecule has 4 nitrogen and oxygen atoms in total. The first kappa shape index (κ1) is 39.0. The zero-order chi connectivity index (χ0) is 12.6. The molecule has 0 unspecified atom stereocenters. The van der Waals surface area contributed by atoms with Crippen LogP contribution >= 0.6 is 67.9 Å². The normalized spacial score (nSPS) is 8.45. The van der Waals surface area contributed by atoms with Crippen molar-refractivity contribution in [3.63, 3.8) is 0 Å². The minimum Gasteiger partial charge on any atom is -0.330 e. The predicted octanol–water partition coefficient (Wildman–Crippen LogP) is 3.63. The summed E-state index contributed by atoms with van der Waals surface area (Å²) in [6.45, 7) is 9.70. The third-order valence-corrected chi connectivity index (χ3v) is 2.72. The van der Waals surface area contributed by atoms with Gasteiger partial charge in [-0.25, -0.2) is 0 Å². The van der Waals surface area contributed by atoms with Gasteiger partial charge in [0.2, 0.25) is 0 Å². The van der Waals surface area contributed by atoms with E-state index in [1.54, 1.807) is 0 Å². The summed E-state index contributed by atoms with van der Waals surface area (Å²) in [6, 6.07) is 0. The van der Waals surface area contributed by atoms with E-state index < -0.39 is 0 Å². The van der Waals surface area contributed by atoms with Gasteiger partial charge in [0.1, 0.15) is 0 Å². The highest BCUT2D eigenvalue weighted by Gasteiger charge is 1.90. The van der Waals surface area contributed by atoms with Gasteiger partial charge >= 0.3 is 0 Å². The molecule has 5 N–H and O–H groups in total. The largest absolute Gasteiger partial charge is 0.330 e. The van der Waals surface area contributed by atoms with E-state index in [1.165, 1.54) is 25.7 Å². The minimum absolute atomic E-state index is 0. The van der Waals surface area contributed by atoms with Crippen LogP contribution in [0.3, 0.4) is 0 Å². The molecule has 0 saturated heterocycles. The molecule has 144 valence electrons. The van der Waals surface area contributed by atoms with E-state index in [9.17, 15) is 0 Å². The molecule has 0 aromatic heterocycles. The molecule has 0 aliphatic carbocycles. The van der Waals surface area contributed by atoms with Crippen molar-refractivity contribution in [3.05, 3.63) is 0 Å². The number of unbranched alkanes of at least 4 members (excludes halogenated alkanes) is 2. The Hall–Kier alpha value is 1.76. The van der Waals surface area contributed by atoms with Crippen LogP contribution in [0.1, 0.15) is 46.5 Å². The molecule has 0 aromatic carbocycles. The van der Waals surface area contributed by atoms with E-state index in [4.69, 9.17) is 5.73 Å². The lowest BCUT2D eigenvalue weighted by atomic mass is 10.2. The minimum atomic E-state index is 0. The molecule has 0 spiro atoms. The number of hydrogen-bond donors (Lipinski definition) is 4. The molecular weight excluding hydrogens is 544 g/mol. The van der Waals surface area contributed by atoms with Crippen LogP contribution in [0, 0.1) is 0 Å². The highest BCUT2D eigenvalue weighted by molar-refractivity contribution is 8.93. The van der Waals surface area contributed by atoms with E-state index in [-0.39, 0.29) is 75.4 Å². The summed E-state index contributed by atoms with van der Waals surface area (Å²) in [4.78, 5) is 0. The molecule has 0 saturated carbocycles. The maximum absolute atomic E-state index is 5.43. The van der Waals surface area contributed by atoms with Crippen LogP contribution in [0.2, 0.25) is 0 Å². The number of nitrogens with one attached hydrogen (secondary N) is 3. The second kappa shape index (κ2) is 38.4. The molecule has 0 aromatic rings. The van der Waals surface area contributed by atoms with Gasteiger partial charge < -0.3 is 21.7 Å². The van der Waals surface area contributed by atoms with E-state index in [0.717, 1.165) is 52.2 Å². The first-order valence-electron chi connectivity index (χ1n) is 7.24. The van der Waals surface area contributed by atoms with Crippen molar-refractivity contribution in [2.24, 2.45) is 5.73 Å². The molecule has 0 rings (SSSR count). The van der Waals surface area contributed by atoms with E-state index in [1.807, 2.05) is 0 Å². The molecule has 0 radical (unpaired) electrons. The number of rotatable bonds is 14. The maximum atomic E-state index is 5.43. The third-order valence-electron chi connectivity index (χ3n) is 2.72. The van der Waals surface area contributed by atoms with Crippen LogP contribution in [-0.4, -0.2) is 45.8 Å². The van der Waals surface area contributed by atoms with Crippen LogP contribution in [0.25, 0.3) is 0 Å².